The summed E-state index contributed by atoms with van der Waals surface area (Å²) in [5.74, 6) is -1.26. The third kappa shape index (κ3) is 3.69. The van der Waals surface area contributed by atoms with Crippen molar-refractivity contribution in [1.82, 2.24) is 9.88 Å². The summed E-state index contributed by atoms with van der Waals surface area (Å²) in [5, 5.41) is 4.91. The van der Waals surface area contributed by atoms with Crippen LogP contribution >= 0.6 is 11.3 Å². The molecule has 1 aromatic heterocycles. The summed E-state index contributed by atoms with van der Waals surface area (Å²) in [6.45, 7) is 0.104. The molecule has 3 amide bonds. The molecule has 146 valence electrons. The van der Waals surface area contributed by atoms with E-state index in [1.807, 2.05) is 0 Å². The lowest BCUT2D eigenvalue weighted by Crippen LogP contribution is -2.34. The molecule has 0 spiro atoms. The van der Waals surface area contributed by atoms with Crippen LogP contribution in [0.3, 0.4) is 0 Å². The monoisotopic (exact) mass is 401 g/mol. The third-order valence-corrected chi connectivity index (χ3v) is 6.14. The van der Waals surface area contributed by atoms with E-state index >= 15 is 0 Å². The Balaban J connectivity index is 1.33. The maximum Gasteiger partial charge on any atom is 0.233 e. The second kappa shape index (κ2) is 7.79. The van der Waals surface area contributed by atoms with Gasteiger partial charge in [-0.2, -0.15) is 0 Å². The van der Waals surface area contributed by atoms with Gasteiger partial charge < -0.3 is 5.32 Å². The highest BCUT2D eigenvalue weighted by molar-refractivity contribution is 7.14. The molecule has 0 radical (unpaired) electrons. The van der Waals surface area contributed by atoms with Crippen molar-refractivity contribution in [2.45, 2.75) is 32.1 Å². The minimum Gasteiger partial charge on any atom is -0.302 e. The van der Waals surface area contributed by atoms with Crippen molar-refractivity contribution in [2.75, 3.05) is 11.9 Å². The maximum absolute atomic E-state index is 13.0. The molecule has 2 atom stereocenters. The lowest BCUT2D eigenvalue weighted by Gasteiger charge is -2.19. The molecule has 6 nitrogen and oxygen atoms in total. The predicted molar refractivity (Wildman–Crippen MR) is 103 cm³/mol. The number of amides is 3. The van der Waals surface area contributed by atoms with Crippen molar-refractivity contribution in [3.05, 3.63) is 35.5 Å². The summed E-state index contributed by atoms with van der Waals surface area (Å²) in [4.78, 5) is 42.7. The number of hydrogen-bond donors (Lipinski definition) is 1. The molecular formula is C20H20FN3O3S. The number of hydrogen-bond acceptors (Lipinski definition) is 5. The van der Waals surface area contributed by atoms with Crippen LogP contribution in [-0.4, -0.2) is 34.2 Å². The highest BCUT2D eigenvalue weighted by atomic mass is 32.1. The van der Waals surface area contributed by atoms with Crippen LogP contribution in [0.5, 0.6) is 0 Å². The average Bonchev–Trinajstić information content (AvgIpc) is 3.25. The average molecular weight is 401 g/mol. The zero-order chi connectivity index (χ0) is 19.7. The smallest absolute Gasteiger partial charge is 0.233 e. The Hall–Kier alpha value is -2.61. The van der Waals surface area contributed by atoms with Gasteiger partial charge in [0.1, 0.15) is 5.82 Å². The normalized spacial score (nSPS) is 21.7. The van der Waals surface area contributed by atoms with Gasteiger partial charge >= 0.3 is 0 Å². The summed E-state index contributed by atoms with van der Waals surface area (Å²) in [5.41, 5.74) is 1.41. The third-order valence-electron chi connectivity index (χ3n) is 5.39. The second-order valence-electron chi connectivity index (χ2n) is 7.17. The van der Waals surface area contributed by atoms with Gasteiger partial charge in [0.2, 0.25) is 17.7 Å². The molecule has 0 bridgehead atoms. The first-order valence-corrected chi connectivity index (χ1v) is 10.3. The van der Waals surface area contributed by atoms with Gasteiger partial charge in [-0.05, 0) is 37.1 Å². The van der Waals surface area contributed by atoms with E-state index in [9.17, 15) is 18.8 Å². The fraction of sp³-hybridized carbons (Fsp3) is 0.400. The van der Waals surface area contributed by atoms with Gasteiger partial charge in [0.25, 0.3) is 0 Å². The molecular weight excluding hydrogens is 381 g/mol. The lowest BCUT2D eigenvalue weighted by molar-refractivity contribution is -0.140. The van der Waals surface area contributed by atoms with Crippen molar-refractivity contribution >= 4 is 34.2 Å². The van der Waals surface area contributed by atoms with Crippen molar-refractivity contribution in [2.24, 2.45) is 11.8 Å². The van der Waals surface area contributed by atoms with E-state index in [1.54, 1.807) is 17.5 Å². The molecule has 1 saturated carbocycles. The van der Waals surface area contributed by atoms with Crippen molar-refractivity contribution < 1.29 is 18.8 Å². The molecule has 8 heteroatoms. The topological polar surface area (TPSA) is 79.4 Å². The van der Waals surface area contributed by atoms with Gasteiger partial charge in [0, 0.05) is 23.9 Å². The van der Waals surface area contributed by atoms with Gasteiger partial charge in [0.05, 0.1) is 17.5 Å². The number of nitrogens with zero attached hydrogens (tertiary/aromatic N) is 2. The molecule has 1 aromatic carbocycles. The summed E-state index contributed by atoms with van der Waals surface area (Å²) in [7, 11) is 0. The largest absolute Gasteiger partial charge is 0.302 e. The van der Waals surface area contributed by atoms with Crippen LogP contribution in [0.1, 0.15) is 32.1 Å². The molecule has 4 rings (SSSR count). The number of rotatable bonds is 5. The van der Waals surface area contributed by atoms with Crippen molar-refractivity contribution in [3.63, 3.8) is 0 Å². The van der Waals surface area contributed by atoms with Gasteiger partial charge in [-0.1, -0.05) is 12.8 Å². The zero-order valence-electron chi connectivity index (χ0n) is 15.2. The molecule has 1 N–H and O–H groups in total. The van der Waals surface area contributed by atoms with E-state index in [-0.39, 0.29) is 48.3 Å². The summed E-state index contributed by atoms with van der Waals surface area (Å²) >= 11 is 1.27. The molecule has 2 fully saturated rings. The minimum absolute atomic E-state index is 0.0440. The van der Waals surface area contributed by atoms with Gasteiger partial charge in [-0.25, -0.2) is 9.37 Å². The molecule has 1 aliphatic carbocycles. The van der Waals surface area contributed by atoms with Gasteiger partial charge in [-0.3, -0.25) is 19.3 Å². The van der Waals surface area contributed by atoms with Gasteiger partial charge in [-0.15, -0.1) is 11.3 Å². The summed E-state index contributed by atoms with van der Waals surface area (Å²) in [6.07, 6.45) is 3.54. The number of fused-ring (bicyclic) bond motifs is 1. The van der Waals surface area contributed by atoms with Crippen molar-refractivity contribution in [3.8, 4) is 11.3 Å². The minimum atomic E-state index is -0.321. The second-order valence-corrected chi connectivity index (χ2v) is 8.03. The van der Waals surface area contributed by atoms with E-state index in [0.29, 0.717) is 10.8 Å². The fourth-order valence-corrected chi connectivity index (χ4v) is 4.67. The first kappa shape index (κ1) is 18.7. The Morgan fingerprint density at radius 2 is 1.79 bits per heavy atom. The highest BCUT2D eigenvalue weighted by Gasteiger charge is 2.47. The Morgan fingerprint density at radius 1 is 1.14 bits per heavy atom. The molecule has 0 unspecified atom stereocenters. The lowest BCUT2D eigenvalue weighted by atomic mass is 9.81. The number of nitrogens with one attached hydrogen (secondary N) is 1. The molecule has 28 heavy (non-hydrogen) atoms. The molecule has 2 aromatic rings. The number of aromatic nitrogens is 1. The van der Waals surface area contributed by atoms with Crippen LogP contribution in [0.15, 0.2) is 29.6 Å². The number of carbonyl (C=O) groups is 3. The summed E-state index contributed by atoms with van der Waals surface area (Å²) in [6, 6.07) is 5.96. The molecule has 1 aliphatic heterocycles. The fourth-order valence-electron chi connectivity index (χ4n) is 3.93. The Labute approximate surface area is 165 Å². The number of carbonyl (C=O) groups excluding carboxylic acids is 3. The Morgan fingerprint density at radius 3 is 2.43 bits per heavy atom. The van der Waals surface area contributed by atoms with Crippen LogP contribution in [-0.2, 0) is 14.4 Å². The van der Waals surface area contributed by atoms with E-state index in [2.05, 4.69) is 10.3 Å². The number of likely N-dealkylation sites (tertiary alicyclic amines) is 1. The van der Waals surface area contributed by atoms with E-state index in [4.69, 9.17) is 0 Å². The standard InChI is InChI=1S/C20H20FN3O3S/c21-13-7-5-12(6-8-13)16-11-28-20(22-16)23-17(25)9-10-24-18(26)14-3-1-2-4-15(14)19(24)27/h5-8,11,14-15H,1-4,9-10H2,(H,22,23,25)/t14-,15+. The predicted octanol–water partition coefficient (Wildman–Crippen LogP) is 3.45. The Bertz CT molecular complexity index is 888. The van der Waals surface area contributed by atoms with Crippen LogP contribution in [0.25, 0.3) is 11.3 Å². The summed E-state index contributed by atoms with van der Waals surface area (Å²) < 4.78 is 13.0. The van der Waals surface area contributed by atoms with Crippen LogP contribution in [0.4, 0.5) is 9.52 Å². The number of imide groups is 1. The highest BCUT2D eigenvalue weighted by Crippen LogP contribution is 2.38. The van der Waals surface area contributed by atoms with Gasteiger partial charge in [0.15, 0.2) is 5.13 Å². The number of anilines is 1. The van der Waals surface area contributed by atoms with Crippen LogP contribution < -0.4 is 5.32 Å². The van der Waals surface area contributed by atoms with E-state index in [0.717, 1.165) is 31.2 Å². The quantitative estimate of drug-likeness (QED) is 0.779. The zero-order valence-corrected chi connectivity index (χ0v) is 16.0. The first-order chi connectivity index (χ1) is 13.5. The number of thiazole rings is 1. The SMILES string of the molecule is O=C(CCN1C(=O)[C@H]2CCCC[C@H]2C1=O)Nc1nc(-c2ccc(F)cc2)cs1. The first-order valence-electron chi connectivity index (χ1n) is 9.39. The van der Waals surface area contributed by atoms with Crippen LogP contribution in [0.2, 0.25) is 0 Å². The van der Waals surface area contributed by atoms with Crippen LogP contribution in [0, 0.1) is 17.7 Å². The molecule has 2 aliphatic rings. The molecule has 2 heterocycles. The Kier molecular flexibility index (Phi) is 5.21. The number of halogens is 1. The van der Waals surface area contributed by atoms with Crippen molar-refractivity contribution in [1.29, 1.82) is 0 Å². The van der Waals surface area contributed by atoms with E-state index < -0.39 is 0 Å². The maximum atomic E-state index is 13.0. The molecule has 1 saturated heterocycles. The van der Waals surface area contributed by atoms with E-state index in [1.165, 1.54) is 28.4 Å². The number of benzene rings is 1.